The zero-order chi connectivity index (χ0) is 15.3. The van der Waals surface area contributed by atoms with Gasteiger partial charge in [0.25, 0.3) is 0 Å². The summed E-state index contributed by atoms with van der Waals surface area (Å²) in [5, 5.41) is 19.1. The molecule has 0 radical (unpaired) electrons. The molecule has 21 heavy (non-hydrogen) atoms. The number of hydrogen-bond acceptors (Lipinski definition) is 2. The zero-order valence-corrected chi connectivity index (χ0v) is 15.2. The largest absolute Gasteiger partial charge is 1.00 e. The first-order valence-corrected chi connectivity index (χ1v) is 8.84. The van der Waals surface area contributed by atoms with Gasteiger partial charge in [0, 0.05) is 0 Å². The number of unbranched alkanes of at least 4 members (excludes halogenated alkanes) is 9. The highest BCUT2D eigenvalue weighted by Gasteiger charge is 2.29. The second kappa shape index (κ2) is 15.1. The average molecular weight is 324 g/mol. The third-order valence-corrected chi connectivity index (χ3v) is 4.71. The Morgan fingerprint density at radius 2 is 1.05 bits per heavy atom. The van der Waals surface area contributed by atoms with Gasteiger partial charge in [0.15, 0.2) is 0 Å². The predicted molar refractivity (Wildman–Crippen MR) is 86.3 cm³/mol. The van der Waals surface area contributed by atoms with E-state index in [1.165, 1.54) is 57.8 Å². The van der Waals surface area contributed by atoms with Crippen LogP contribution in [0.2, 0.25) is 0 Å². The van der Waals surface area contributed by atoms with Crippen molar-refractivity contribution in [2.24, 2.45) is 0 Å². The van der Waals surface area contributed by atoms with Gasteiger partial charge >= 0.3 is 6.41 Å². The first-order chi connectivity index (χ1) is 9.63. The number of halogens is 1. The molecule has 0 heterocycles. The third kappa shape index (κ3) is 10.5. The Hall–Kier alpha value is 0.170. The standard InChI is InChI=1S/C17H38NO2.ClH/c1-4-7-8-9-10-11-12-13-14-15-16-18(5-2,6-3)17(19)20;/h17,19-20H,4-16H2,1-3H3;1H/q+1;/p-1. The number of aliphatic hydroxyl groups excluding tert-OH is 1. The van der Waals surface area contributed by atoms with E-state index < -0.39 is 6.41 Å². The van der Waals surface area contributed by atoms with Crippen LogP contribution in [0.15, 0.2) is 0 Å². The second-order valence-electron chi connectivity index (χ2n) is 6.10. The second-order valence-corrected chi connectivity index (χ2v) is 6.10. The molecule has 0 spiro atoms. The molecule has 2 N–H and O–H groups in total. The Morgan fingerprint density at radius 3 is 1.38 bits per heavy atom. The van der Waals surface area contributed by atoms with Crippen LogP contribution in [0.5, 0.6) is 0 Å². The molecule has 0 bridgehead atoms. The minimum atomic E-state index is -1.22. The molecule has 0 amide bonds. The Balaban J connectivity index is 0. The van der Waals surface area contributed by atoms with Crippen molar-refractivity contribution in [2.45, 2.75) is 91.4 Å². The van der Waals surface area contributed by atoms with Gasteiger partial charge in [-0.25, -0.2) is 0 Å². The van der Waals surface area contributed by atoms with Crippen LogP contribution < -0.4 is 12.4 Å². The summed E-state index contributed by atoms with van der Waals surface area (Å²) in [4.78, 5) is 0. The highest BCUT2D eigenvalue weighted by molar-refractivity contribution is 4.48. The van der Waals surface area contributed by atoms with Crippen LogP contribution in [0.1, 0.15) is 85.0 Å². The summed E-state index contributed by atoms with van der Waals surface area (Å²) in [6.45, 7) is 8.82. The average Bonchev–Trinajstić information content (AvgIpc) is 2.45. The van der Waals surface area contributed by atoms with Crippen molar-refractivity contribution in [3.63, 3.8) is 0 Å². The summed E-state index contributed by atoms with van der Waals surface area (Å²) in [6, 6.07) is 0. The van der Waals surface area contributed by atoms with Crippen LogP contribution in [-0.2, 0) is 0 Å². The molecule has 0 saturated heterocycles. The molecule has 0 aliphatic carbocycles. The van der Waals surface area contributed by atoms with E-state index in [1.54, 1.807) is 0 Å². The Bertz CT molecular complexity index is 209. The van der Waals surface area contributed by atoms with Crippen LogP contribution in [0.25, 0.3) is 0 Å². The molecular formula is C17H38ClNO2. The lowest BCUT2D eigenvalue weighted by molar-refractivity contribution is -0.990. The molecule has 0 unspecified atom stereocenters. The van der Waals surface area contributed by atoms with Crippen LogP contribution in [0.3, 0.4) is 0 Å². The molecule has 3 nitrogen and oxygen atoms in total. The summed E-state index contributed by atoms with van der Waals surface area (Å²) in [7, 11) is 0. The minimum absolute atomic E-state index is 0. The van der Waals surface area contributed by atoms with E-state index in [4.69, 9.17) is 0 Å². The van der Waals surface area contributed by atoms with Crippen LogP contribution in [-0.4, -0.2) is 40.7 Å². The molecule has 0 aromatic carbocycles. The van der Waals surface area contributed by atoms with Crippen molar-refractivity contribution in [2.75, 3.05) is 19.6 Å². The number of aliphatic hydroxyl groups is 2. The lowest BCUT2D eigenvalue weighted by Gasteiger charge is -2.37. The van der Waals surface area contributed by atoms with E-state index in [0.29, 0.717) is 4.48 Å². The van der Waals surface area contributed by atoms with Gasteiger partial charge in [-0.05, 0) is 26.7 Å². The van der Waals surface area contributed by atoms with Crippen molar-refractivity contribution in [3.05, 3.63) is 0 Å². The number of hydrogen-bond donors (Lipinski definition) is 2. The maximum atomic E-state index is 9.53. The molecule has 0 aromatic heterocycles. The highest BCUT2D eigenvalue weighted by atomic mass is 35.5. The first kappa shape index (κ1) is 23.4. The van der Waals surface area contributed by atoms with Crippen molar-refractivity contribution < 1.29 is 27.1 Å². The summed E-state index contributed by atoms with van der Waals surface area (Å²) >= 11 is 0. The fourth-order valence-corrected chi connectivity index (χ4v) is 2.90. The van der Waals surface area contributed by atoms with Gasteiger partial charge in [-0.15, -0.1) is 0 Å². The van der Waals surface area contributed by atoms with E-state index in [-0.39, 0.29) is 12.4 Å². The smallest absolute Gasteiger partial charge is 0.303 e. The summed E-state index contributed by atoms with van der Waals surface area (Å²) in [6.07, 6.45) is 12.0. The quantitative estimate of drug-likeness (QED) is 0.285. The van der Waals surface area contributed by atoms with Gasteiger partial charge in [-0.3, -0.25) is 4.48 Å². The Kier molecular flexibility index (Phi) is 16.8. The molecule has 130 valence electrons. The molecule has 0 rings (SSSR count). The predicted octanol–water partition coefficient (Wildman–Crippen LogP) is 1.04. The van der Waals surface area contributed by atoms with E-state index in [0.717, 1.165) is 26.1 Å². The molecular weight excluding hydrogens is 286 g/mol. The molecule has 0 aliphatic heterocycles. The third-order valence-electron chi connectivity index (χ3n) is 4.71. The van der Waals surface area contributed by atoms with Crippen LogP contribution >= 0.6 is 0 Å². The molecule has 0 aromatic rings. The summed E-state index contributed by atoms with van der Waals surface area (Å²) in [5.74, 6) is 0. The topological polar surface area (TPSA) is 40.5 Å². The maximum absolute atomic E-state index is 9.53. The van der Waals surface area contributed by atoms with Gasteiger partial charge < -0.3 is 22.6 Å². The van der Waals surface area contributed by atoms with Crippen molar-refractivity contribution in [1.82, 2.24) is 0 Å². The van der Waals surface area contributed by atoms with Crippen LogP contribution in [0, 0.1) is 0 Å². The van der Waals surface area contributed by atoms with Gasteiger partial charge in [0.1, 0.15) is 0 Å². The van der Waals surface area contributed by atoms with Crippen molar-refractivity contribution >= 4 is 0 Å². The molecule has 4 heteroatoms. The van der Waals surface area contributed by atoms with Gasteiger partial charge in [-0.2, -0.15) is 0 Å². The number of nitrogens with zero attached hydrogens (tertiary/aromatic N) is 1. The normalized spacial score (nSPS) is 11.7. The SMILES string of the molecule is CCCCCCCCCCCC[N+](CC)(CC)C(O)O.[Cl-]. The number of rotatable bonds is 14. The molecule has 0 atom stereocenters. The summed E-state index contributed by atoms with van der Waals surface area (Å²) in [5.41, 5.74) is 0. The van der Waals surface area contributed by atoms with Gasteiger partial charge in [0.05, 0.1) is 19.6 Å². The fraction of sp³-hybridized carbons (Fsp3) is 1.00. The zero-order valence-electron chi connectivity index (χ0n) is 14.5. The monoisotopic (exact) mass is 323 g/mol. The van der Waals surface area contributed by atoms with E-state index in [2.05, 4.69) is 6.92 Å². The van der Waals surface area contributed by atoms with Gasteiger partial charge in [0.2, 0.25) is 0 Å². The Morgan fingerprint density at radius 1 is 0.667 bits per heavy atom. The van der Waals surface area contributed by atoms with E-state index in [9.17, 15) is 10.2 Å². The first-order valence-electron chi connectivity index (χ1n) is 8.84. The summed E-state index contributed by atoms with van der Waals surface area (Å²) < 4.78 is 0.428. The highest BCUT2D eigenvalue weighted by Crippen LogP contribution is 2.15. The van der Waals surface area contributed by atoms with E-state index >= 15 is 0 Å². The lowest BCUT2D eigenvalue weighted by atomic mass is 10.1. The van der Waals surface area contributed by atoms with Gasteiger partial charge in [-0.1, -0.05) is 58.3 Å². The Labute approximate surface area is 138 Å². The minimum Gasteiger partial charge on any atom is -1.00 e. The number of quaternary nitrogens is 1. The molecule has 0 aliphatic rings. The fourth-order valence-electron chi connectivity index (χ4n) is 2.90. The van der Waals surface area contributed by atoms with Crippen molar-refractivity contribution in [1.29, 1.82) is 0 Å². The van der Waals surface area contributed by atoms with Crippen LogP contribution in [0.4, 0.5) is 0 Å². The molecule has 0 fully saturated rings. The van der Waals surface area contributed by atoms with E-state index in [1.807, 2.05) is 13.8 Å². The van der Waals surface area contributed by atoms with Crippen molar-refractivity contribution in [3.8, 4) is 0 Å². The lowest BCUT2D eigenvalue weighted by Crippen LogP contribution is -3.00. The maximum Gasteiger partial charge on any atom is 0.303 e. The molecule has 0 saturated carbocycles.